The summed E-state index contributed by atoms with van der Waals surface area (Å²) in [6.45, 7) is 0.892. The summed E-state index contributed by atoms with van der Waals surface area (Å²) < 4.78 is 14.4. The van der Waals surface area contributed by atoms with Crippen LogP contribution in [0.1, 0.15) is 26.2 Å². The van der Waals surface area contributed by atoms with E-state index in [1.54, 1.807) is 0 Å². The van der Waals surface area contributed by atoms with Crippen LogP contribution in [-0.4, -0.2) is 46.2 Å². The average Bonchev–Trinajstić information content (AvgIpc) is 2.60. The second kappa shape index (κ2) is 11.3. The number of non-ortho nitro benzene ring substituents is 1. The maximum absolute atomic E-state index is 11.6. The van der Waals surface area contributed by atoms with Gasteiger partial charge in [0.15, 0.2) is 12.7 Å². The van der Waals surface area contributed by atoms with Crippen LogP contribution in [0.5, 0.6) is 5.75 Å². The Kier molecular flexibility index (Phi) is 9.09. The minimum atomic E-state index is -1.25. The molecular weight excluding hydrogens is 384 g/mol. The smallest absolute Gasteiger partial charge is 0.442 e. The molecule has 13 nitrogen and oxygen atoms in total. The Morgan fingerprint density at radius 2 is 1.79 bits per heavy atom. The zero-order valence-corrected chi connectivity index (χ0v) is 14.8. The lowest BCUT2D eigenvalue weighted by atomic mass is 10.1. The SMILES string of the molecule is CC(OC(=O)CCC[C@H]([OH2+])CO[N+](=O)[O-])OC(=O)Oc1ccc([N+](=O)[O-])cc1. The molecule has 0 heterocycles. The number of hydrogen-bond donors (Lipinski definition) is 0. The highest BCUT2D eigenvalue weighted by Gasteiger charge is 2.18. The molecule has 1 aromatic rings. The van der Waals surface area contributed by atoms with Gasteiger partial charge in [-0.05, 0) is 18.6 Å². The first kappa shape index (κ1) is 22.6. The van der Waals surface area contributed by atoms with Crippen LogP contribution in [0.25, 0.3) is 0 Å². The monoisotopic (exact) mass is 403 g/mol. The molecule has 0 radical (unpaired) electrons. The van der Waals surface area contributed by atoms with E-state index in [4.69, 9.17) is 19.3 Å². The van der Waals surface area contributed by atoms with Gasteiger partial charge in [0.25, 0.3) is 10.8 Å². The minimum absolute atomic E-state index is 0.00700. The third-order valence-electron chi connectivity index (χ3n) is 3.12. The standard InChI is InChI=1S/C15H18N2O11/c1-10(26-14(19)4-2-3-12(18)9-25-17(23)24)27-15(20)28-13-7-5-11(6-8-13)16(21)22/h5-8,10,12,18H,2-4,9H2,1H3/p+1/t10?,12-/m0/s1. The molecule has 0 aliphatic heterocycles. The van der Waals surface area contributed by atoms with Crippen LogP contribution in [0, 0.1) is 20.2 Å². The van der Waals surface area contributed by atoms with Gasteiger partial charge in [0.2, 0.25) is 6.29 Å². The molecule has 0 saturated heterocycles. The van der Waals surface area contributed by atoms with Gasteiger partial charge in [-0.15, -0.1) is 10.1 Å². The van der Waals surface area contributed by atoms with Crippen molar-refractivity contribution in [3.8, 4) is 5.75 Å². The molecule has 154 valence electrons. The van der Waals surface area contributed by atoms with Crippen molar-refractivity contribution in [3.63, 3.8) is 0 Å². The lowest BCUT2D eigenvalue weighted by Gasteiger charge is -2.14. The second-order valence-electron chi connectivity index (χ2n) is 5.39. The molecule has 0 spiro atoms. The van der Waals surface area contributed by atoms with Crippen LogP contribution in [0.3, 0.4) is 0 Å². The highest BCUT2D eigenvalue weighted by atomic mass is 17.0. The lowest BCUT2D eigenvalue weighted by Crippen LogP contribution is -2.24. The van der Waals surface area contributed by atoms with Crippen LogP contribution in [0.15, 0.2) is 24.3 Å². The number of ether oxygens (including phenoxy) is 3. The van der Waals surface area contributed by atoms with Gasteiger partial charge in [0.05, 0.1) is 4.92 Å². The van der Waals surface area contributed by atoms with Crippen molar-refractivity contribution in [1.82, 2.24) is 0 Å². The van der Waals surface area contributed by atoms with Crippen LogP contribution >= 0.6 is 0 Å². The van der Waals surface area contributed by atoms with Crippen molar-refractivity contribution in [2.24, 2.45) is 0 Å². The van der Waals surface area contributed by atoms with E-state index < -0.39 is 41.1 Å². The van der Waals surface area contributed by atoms with Gasteiger partial charge in [-0.3, -0.25) is 14.9 Å². The Morgan fingerprint density at radius 3 is 2.36 bits per heavy atom. The van der Waals surface area contributed by atoms with E-state index in [0.29, 0.717) is 0 Å². The summed E-state index contributed by atoms with van der Waals surface area (Å²) in [6.07, 6.45) is -2.95. The van der Waals surface area contributed by atoms with E-state index in [1.165, 1.54) is 19.1 Å². The molecule has 0 amide bonds. The fourth-order valence-electron chi connectivity index (χ4n) is 1.89. The van der Waals surface area contributed by atoms with Crippen molar-refractivity contribution in [3.05, 3.63) is 44.5 Å². The van der Waals surface area contributed by atoms with E-state index >= 15 is 0 Å². The largest absolute Gasteiger partial charge is 0.516 e. The molecular formula is C15H19N2O11+. The predicted octanol–water partition coefficient (Wildman–Crippen LogP) is 1.47. The van der Waals surface area contributed by atoms with Crippen molar-refractivity contribution in [2.75, 3.05) is 6.61 Å². The number of esters is 1. The average molecular weight is 403 g/mol. The van der Waals surface area contributed by atoms with Crippen LogP contribution in [0.2, 0.25) is 0 Å². The maximum atomic E-state index is 11.6. The van der Waals surface area contributed by atoms with Crippen molar-refractivity contribution >= 4 is 17.8 Å². The normalized spacial score (nSPS) is 12.4. The third kappa shape index (κ3) is 9.28. The molecule has 28 heavy (non-hydrogen) atoms. The van der Waals surface area contributed by atoms with E-state index in [-0.39, 0.29) is 30.7 Å². The van der Waals surface area contributed by atoms with Gasteiger partial charge in [0, 0.05) is 31.9 Å². The molecule has 1 aromatic carbocycles. The van der Waals surface area contributed by atoms with Crippen LogP contribution in [-0.2, 0) is 19.1 Å². The number of carbonyl (C=O) groups is 2. The summed E-state index contributed by atoms with van der Waals surface area (Å²) in [6, 6.07) is 4.69. The van der Waals surface area contributed by atoms with Crippen LogP contribution in [0.4, 0.5) is 10.5 Å². The molecule has 0 aliphatic rings. The van der Waals surface area contributed by atoms with Gasteiger partial charge in [-0.2, -0.15) is 0 Å². The van der Waals surface area contributed by atoms with Gasteiger partial charge >= 0.3 is 12.1 Å². The van der Waals surface area contributed by atoms with Gasteiger partial charge in [-0.25, -0.2) is 4.79 Å². The maximum Gasteiger partial charge on any atom is 0.516 e. The minimum Gasteiger partial charge on any atom is -0.442 e. The van der Waals surface area contributed by atoms with E-state index in [9.17, 15) is 29.8 Å². The topological polar surface area (TPSA) is 180 Å². The Morgan fingerprint density at radius 1 is 1.14 bits per heavy atom. The summed E-state index contributed by atoms with van der Waals surface area (Å²) in [7, 11) is 0. The number of rotatable bonds is 11. The first-order valence-electron chi connectivity index (χ1n) is 7.98. The Labute approximate surface area is 158 Å². The van der Waals surface area contributed by atoms with Gasteiger partial charge in [0.1, 0.15) is 5.75 Å². The zero-order chi connectivity index (χ0) is 21.1. The Balaban J connectivity index is 2.27. The number of nitrogens with zero attached hydrogens (tertiary/aromatic N) is 2. The molecule has 2 atom stereocenters. The molecule has 2 N–H and O–H groups in total. The van der Waals surface area contributed by atoms with E-state index in [2.05, 4.69) is 4.84 Å². The molecule has 0 saturated carbocycles. The number of carbonyl (C=O) groups excluding carboxylic acids is 2. The first-order chi connectivity index (χ1) is 13.2. The molecule has 0 aliphatic carbocycles. The van der Waals surface area contributed by atoms with Gasteiger partial charge < -0.3 is 24.2 Å². The molecule has 0 aromatic heterocycles. The summed E-state index contributed by atoms with van der Waals surface area (Å²) in [5.41, 5.74) is -0.178. The quantitative estimate of drug-likeness (QED) is 0.131. The lowest BCUT2D eigenvalue weighted by molar-refractivity contribution is -0.759. The van der Waals surface area contributed by atoms with Gasteiger partial charge in [-0.1, -0.05) is 0 Å². The highest BCUT2D eigenvalue weighted by Crippen LogP contribution is 2.18. The number of nitro groups is 1. The van der Waals surface area contributed by atoms with Crippen molar-refractivity contribution in [2.45, 2.75) is 38.6 Å². The summed E-state index contributed by atoms with van der Waals surface area (Å²) in [5.74, 6) is -0.689. The zero-order valence-electron chi connectivity index (χ0n) is 14.8. The summed E-state index contributed by atoms with van der Waals surface area (Å²) in [5, 5.41) is 27.0. The molecule has 1 unspecified atom stereocenters. The van der Waals surface area contributed by atoms with Crippen molar-refractivity contribution in [1.29, 1.82) is 0 Å². The summed E-state index contributed by atoms with van der Waals surface area (Å²) in [4.78, 5) is 47.2. The first-order valence-corrected chi connectivity index (χ1v) is 7.98. The predicted molar refractivity (Wildman–Crippen MR) is 90.0 cm³/mol. The number of hydrogen-bond acceptors (Lipinski definition) is 10. The molecule has 0 fully saturated rings. The van der Waals surface area contributed by atoms with E-state index in [1.807, 2.05) is 0 Å². The fraction of sp³-hybridized carbons (Fsp3) is 0.467. The summed E-state index contributed by atoms with van der Waals surface area (Å²) >= 11 is 0. The second-order valence-corrected chi connectivity index (χ2v) is 5.39. The Bertz CT molecular complexity index is 692. The highest BCUT2D eigenvalue weighted by molar-refractivity contribution is 5.70. The Hall–Kier alpha value is -3.48. The third-order valence-corrected chi connectivity index (χ3v) is 3.12. The van der Waals surface area contributed by atoms with Crippen LogP contribution < -0.4 is 4.74 Å². The van der Waals surface area contributed by atoms with Crippen molar-refractivity contribution < 1.29 is 43.8 Å². The number of benzene rings is 1. The molecule has 1 rings (SSSR count). The molecule has 0 bridgehead atoms. The molecule has 13 heteroatoms. The fourth-order valence-corrected chi connectivity index (χ4v) is 1.89. The number of nitro benzene ring substituents is 1. The van der Waals surface area contributed by atoms with E-state index in [0.717, 1.165) is 12.1 Å².